The summed E-state index contributed by atoms with van der Waals surface area (Å²) in [5.74, 6) is 0.883. The quantitative estimate of drug-likeness (QED) is 0.431. The average Bonchev–Trinajstić information content (AvgIpc) is 3.03. The Hall–Kier alpha value is -0.740. The second-order valence-electron chi connectivity index (χ2n) is 4.80. The van der Waals surface area contributed by atoms with Crippen LogP contribution in [0.5, 0.6) is 0 Å². The van der Waals surface area contributed by atoms with Crippen molar-refractivity contribution in [3.8, 4) is 0 Å². The zero-order chi connectivity index (χ0) is 15.2. The molecular weight excluding hydrogens is 429 g/mol. The molecule has 2 aromatic rings. The van der Waals surface area contributed by atoms with Gasteiger partial charge in [-0.3, -0.25) is 4.99 Å². The first-order valence-corrected chi connectivity index (χ1v) is 8.52. The number of hydrogen-bond donors (Lipinski definition) is 1. The number of guanidine groups is 1. The predicted molar refractivity (Wildman–Crippen MR) is 106 cm³/mol. The summed E-state index contributed by atoms with van der Waals surface area (Å²) in [6, 6.07) is 0. The summed E-state index contributed by atoms with van der Waals surface area (Å²) in [7, 11) is 3.83. The van der Waals surface area contributed by atoms with Gasteiger partial charge in [0.05, 0.1) is 22.3 Å². The summed E-state index contributed by atoms with van der Waals surface area (Å²) >= 11 is 3.43. The van der Waals surface area contributed by atoms with Gasteiger partial charge in [0.15, 0.2) is 5.96 Å². The first kappa shape index (κ1) is 19.3. The van der Waals surface area contributed by atoms with E-state index in [0.717, 1.165) is 41.2 Å². The SMILES string of the molecule is CN=C(NCCc1ncc(C)s1)N(C)Cc1csc(C)n1.I. The molecule has 1 N–H and O–H groups in total. The van der Waals surface area contributed by atoms with Crippen LogP contribution in [0.3, 0.4) is 0 Å². The first-order valence-electron chi connectivity index (χ1n) is 6.82. The van der Waals surface area contributed by atoms with Crippen molar-refractivity contribution >= 4 is 52.6 Å². The Morgan fingerprint density at radius 3 is 2.73 bits per heavy atom. The smallest absolute Gasteiger partial charge is 0.193 e. The highest BCUT2D eigenvalue weighted by molar-refractivity contribution is 14.0. The van der Waals surface area contributed by atoms with E-state index in [-0.39, 0.29) is 24.0 Å². The van der Waals surface area contributed by atoms with Gasteiger partial charge in [-0.1, -0.05) is 0 Å². The lowest BCUT2D eigenvalue weighted by Gasteiger charge is -2.21. The second kappa shape index (κ2) is 9.41. The van der Waals surface area contributed by atoms with E-state index in [1.165, 1.54) is 4.88 Å². The Bertz CT molecular complexity index is 608. The van der Waals surface area contributed by atoms with Gasteiger partial charge >= 0.3 is 0 Å². The van der Waals surface area contributed by atoms with Crippen molar-refractivity contribution in [2.45, 2.75) is 26.8 Å². The minimum Gasteiger partial charge on any atom is -0.356 e. The van der Waals surface area contributed by atoms with Crippen molar-refractivity contribution in [1.82, 2.24) is 20.2 Å². The monoisotopic (exact) mass is 451 g/mol. The molecule has 0 unspecified atom stereocenters. The number of nitrogens with zero attached hydrogens (tertiary/aromatic N) is 4. The molecule has 0 saturated heterocycles. The minimum atomic E-state index is 0. The molecule has 0 aromatic carbocycles. The van der Waals surface area contributed by atoms with Gasteiger partial charge < -0.3 is 10.2 Å². The Balaban J connectivity index is 0.00000242. The average molecular weight is 451 g/mol. The molecule has 8 heteroatoms. The lowest BCUT2D eigenvalue weighted by Crippen LogP contribution is -2.39. The van der Waals surface area contributed by atoms with Gasteiger partial charge in [0.2, 0.25) is 0 Å². The molecular formula is C14H22IN5S2. The Morgan fingerprint density at radius 1 is 1.41 bits per heavy atom. The van der Waals surface area contributed by atoms with E-state index in [4.69, 9.17) is 0 Å². The standard InChI is InChI=1S/C14H21N5S2.HI/c1-10-7-17-13(21-10)5-6-16-14(15-3)19(4)8-12-9-20-11(2)18-12;/h7,9H,5-6,8H2,1-4H3,(H,15,16);1H. The Labute approximate surface area is 156 Å². The van der Waals surface area contributed by atoms with E-state index < -0.39 is 0 Å². The molecule has 122 valence electrons. The van der Waals surface area contributed by atoms with Crippen molar-refractivity contribution in [3.63, 3.8) is 0 Å². The van der Waals surface area contributed by atoms with Crippen LogP contribution in [0.25, 0.3) is 0 Å². The summed E-state index contributed by atoms with van der Waals surface area (Å²) in [5.41, 5.74) is 1.08. The Kier molecular flexibility index (Phi) is 8.26. The van der Waals surface area contributed by atoms with Crippen molar-refractivity contribution < 1.29 is 0 Å². The maximum absolute atomic E-state index is 4.48. The van der Waals surface area contributed by atoms with Crippen molar-refractivity contribution in [3.05, 3.63) is 32.2 Å². The maximum atomic E-state index is 4.48. The Morgan fingerprint density at radius 2 is 2.18 bits per heavy atom. The number of aryl methyl sites for hydroxylation is 2. The highest BCUT2D eigenvalue weighted by atomic mass is 127. The number of aromatic nitrogens is 2. The van der Waals surface area contributed by atoms with Gasteiger partial charge in [0.1, 0.15) is 0 Å². The highest BCUT2D eigenvalue weighted by Crippen LogP contribution is 2.11. The van der Waals surface area contributed by atoms with Crippen LogP contribution < -0.4 is 5.32 Å². The predicted octanol–water partition coefficient (Wildman–Crippen LogP) is 3.08. The summed E-state index contributed by atoms with van der Waals surface area (Å²) < 4.78 is 0. The van der Waals surface area contributed by atoms with E-state index in [9.17, 15) is 0 Å². The minimum absolute atomic E-state index is 0. The van der Waals surface area contributed by atoms with Crippen LogP contribution in [0.15, 0.2) is 16.6 Å². The summed E-state index contributed by atoms with van der Waals surface area (Å²) in [6.07, 6.45) is 2.84. The van der Waals surface area contributed by atoms with Gasteiger partial charge in [-0.05, 0) is 13.8 Å². The van der Waals surface area contributed by atoms with E-state index in [1.54, 1.807) is 29.7 Å². The van der Waals surface area contributed by atoms with Crippen LogP contribution in [0.2, 0.25) is 0 Å². The maximum Gasteiger partial charge on any atom is 0.193 e. The normalized spacial score (nSPS) is 11.2. The number of aliphatic imine (C=N–C) groups is 1. The summed E-state index contributed by atoms with van der Waals surface area (Å²) in [6.45, 7) is 5.70. The zero-order valence-electron chi connectivity index (χ0n) is 13.3. The number of hydrogen-bond acceptors (Lipinski definition) is 5. The van der Waals surface area contributed by atoms with Crippen LogP contribution >= 0.6 is 46.7 Å². The van der Waals surface area contributed by atoms with Crippen LogP contribution in [-0.2, 0) is 13.0 Å². The van der Waals surface area contributed by atoms with Crippen molar-refractivity contribution in [1.29, 1.82) is 0 Å². The third-order valence-electron chi connectivity index (χ3n) is 2.93. The summed E-state index contributed by atoms with van der Waals surface area (Å²) in [4.78, 5) is 16.5. The molecule has 22 heavy (non-hydrogen) atoms. The molecule has 0 fully saturated rings. The molecule has 2 rings (SSSR count). The number of thiazole rings is 2. The van der Waals surface area contributed by atoms with E-state index in [1.807, 2.05) is 20.2 Å². The molecule has 0 aliphatic rings. The van der Waals surface area contributed by atoms with Gasteiger partial charge in [0.25, 0.3) is 0 Å². The number of halogens is 1. The molecule has 0 bridgehead atoms. The highest BCUT2D eigenvalue weighted by Gasteiger charge is 2.08. The molecule has 0 amide bonds. The van der Waals surface area contributed by atoms with E-state index in [0.29, 0.717) is 0 Å². The fraction of sp³-hybridized carbons (Fsp3) is 0.500. The molecule has 5 nitrogen and oxygen atoms in total. The molecule has 2 aromatic heterocycles. The van der Waals surface area contributed by atoms with Gasteiger partial charge in [-0.25, -0.2) is 9.97 Å². The van der Waals surface area contributed by atoms with E-state index >= 15 is 0 Å². The molecule has 0 aliphatic heterocycles. The van der Waals surface area contributed by atoms with Gasteiger partial charge in [0, 0.05) is 43.5 Å². The molecule has 0 spiro atoms. The third-order valence-corrected chi connectivity index (χ3v) is 4.73. The summed E-state index contributed by atoms with van der Waals surface area (Å²) in [5, 5.41) is 7.72. The molecule has 0 atom stereocenters. The van der Waals surface area contributed by atoms with E-state index in [2.05, 4.69) is 37.5 Å². The van der Waals surface area contributed by atoms with Gasteiger partial charge in [-0.2, -0.15) is 0 Å². The van der Waals surface area contributed by atoms with Crippen LogP contribution in [0.1, 0.15) is 20.6 Å². The number of rotatable bonds is 5. The van der Waals surface area contributed by atoms with Crippen molar-refractivity contribution in [2.75, 3.05) is 20.6 Å². The molecule has 2 heterocycles. The fourth-order valence-electron chi connectivity index (χ4n) is 1.98. The molecule has 0 radical (unpaired) electrons. The molecule has 0 aliphatic carbocycles. The van der Waals surface area contributed by atoms with Crippen LogP contribution in [0.4, 0.5) is 0 Å². The first-order chi connectivity index (χ1) is 10.1. The van der Waals surface area contributed by atoms with Crippen LogP contribution in [-0.4, -0.2) is 41.5 Å². The van der Waals surface area contributed by atoms with Gasteiger partial charge in [-0.15, -0.1) is 46.7 Å². The topological polar surface area (TPSA) is 53.4 Å². The van der Waals surface area contributed by atoms with Crippen molar-refractivity contribution in [2.24, 2.45) is 4.99 Å². The second-order valence-corrected chi connectivity index (χ2v) is 7.18. The third kappa shape index (κ3) is 5.81. The largest absolute Gasteiger partial charge is 0.356 e. The van der Waals surface area contributed by atoms with Crippen LogP contribution in [0, 0.1) is 13.8 Å². The number of nitrogens with one attached hydrogen (secondary N) is 1. The fourth-order valence-corrected chi connectivity index (χ4v) is 3.37. The zero-order valence-corrected chi connectivity index (χ0v) is 17.3. The lowest BCUT2D eigenvalue weighted by atomic mass is 10.4. The molecule has 0 saturated carbocycles. The lowest BCUT2D eigenvalue weighted by molar-refractivity contribution is 0.471.